The van der Waals surface area contributed by atoms with Gasteiger partial charge in [0.25, 0.3) is 0 Å². The van der Waals surface area contributed by atoms with Crippen molar-refractivity contribution in [3.05, 3.63) is 35.4 Å². The summed E-state index contributed by atoms with van der Waals surface area (Å²) in [6.07, 6.45) is 6.87. The number of hydrogen-bond acceptors (Lipinski definition) is 3. The van der Waals surface area contributed by atoms with Crippen molar-refractivity contribution in [3.8, 4) is 12.1 Å². The van der Waals surface area contributed by atoms with E-state index in [0.717, 1.165) is 11.8 Å². The molecule has 6 rings (SSSR count). The molecule has 0 unspecified atom stereocenters. The van der Waals surface area contributed by atoms with Gasteiger partial charge >= 0.3 is 0 Å². The summed E-state index contributed by atoms with van der Waals surface area (Å²) in [6, 6.07) is 12.6. The molecule has 5 aliphatic rings. The van der Waals surface area contributed by atoms with E-state index in [1.54, 1.807) is 0 Å². The molecule has 4 nitrogen and oxygen atoms in total. The fraction of sp³-hybridized carbons (Fsp3) is 0.609. The molecule has 1 aromatic carbocycles. The molecule has 0 atom stereocenters. The van der Waals surface area contributed by atoms with Crippen molar-refractivity contribution in [1.29, 1.82) is 10.5 Å². The highest BCUT2D eigenvalue weighted by Gasteiger charge is 2.58. The highest BCUT2D eigenvalue weighted by molar-refractivity contribution is 5.79. The maximum Gasteiger partial charge on any atom is 0.223 e. The number of hydrogen-bond donors (Lipinski definition) is 0. The highest BCUT2D eigenvalue weighted by atomic mass is 16.2. The maximum absolute atomic E-state index is 13.2. The van der Waals surface area contributed by atoms with Crippen LogP contribution in [0.4, 0.5) is 0 Å². The van der Waals surface area contributed by atoms with Crippen molar-refractivity contribution in [1.82, 2.24) is 4.90 Å². The number of carbonyl (C=O) groups is 1. The molecule has 5 fully saturated rings. The van der Waals surface area contributed by atoms with Gasteiger partial charge in [-0.1, -0.05) is 12.1 Å². The van der Waals surface area contributed by atoms with Crippen molar-refractivity contribution in [2.24, 2.45) is 29.6 Å². The van der Waals surface area contributed by atoms with Crippen LogP contribution in [0.5, 0.6) is 0 Å². The van der Waals surface area contributed by atoms with Gasteiger partial charge < -0.3 is 4.90 Å². The Bertz CT molecular complexity index is 827. The van der Waals surface area contributed by atoms with Gasteiger partial charge in [0.2, 0.25) is 5.91 Å². The standard InChI is InChI=1S/C23H25N3O/c24-11-15-2-1-3-19(5-15)23(10-22(27)26-13-18(12-25)14-26)20-6-16-4-17(8-20)9-21(23)7-16/h1-3,5,16-18,20-21H,4,6-10,13-14H2. The molecule has 0 spiro atoms. The summed E-state index contributed by atoms with van der Waals surface area (Å²) in [6.45, 7) is 1.18. The van der Waals surface area contributed by atoms with Crippen LogP contribution in [0.2, 0.25) is 0 Å². The molecule has 27 heavy (non-hydrogen) atoms. The number of rotatable bonds is 3. The van der Waals surface area contributed by atoms with Gasteiger partial charge in [-0.2, -0.15) is 10.5 Å². The van der Waals surface area contributed by atoms with Gasteiger partial charge in [0.05, 0.1) is 23.6 Å². The van der Waals surface area contributed by atoms with Crippen molar-refractivity contribution < 1.29 is 4.79 Å². The highest BCUT2D eigenvalue weighted by Crippen LogP contribution is 2.64. The number of nitrogens with zero attached hydrogens (tertiary/aromatic N) is 3. The van der Waals surface area contributed by atoms with E-state index in [-0.39, 0.29) is 17.2 Å². The third kappa shape index (κ3) is 2.50. The van der Waals surface area contributed by atoms with Crippen LogP contribution in [0.15, 0.2) is 24.3 Å². The van der Waals surface area contributed by atoms with Crippen LogP contribution in [0.3, 0.4) is 0 Å². The molecule has 4 heteroatoms. The first-order valence-electron chi connectivity index (χ1n) is 10.3. The Kier molecular flexibility index (Phi) is 3.80. The molecule has 138 valence electrons. The second-order valence-corrected chi connectivity index (χ2v) is 9.34. The molecule has 0 aromatic heterocycles. The van der Waals surface area contributed by atoms with Crippen LogP contribution in [0.1, 0.15) is 49.7 Å². The Hall–Kier alpha value is -2.33. The Morgan fingerprint density at radius 3 is 2.33 bits per heavy atom. The lowest BCUT2D eigenvalue weighted by Crippen LogP contribution is -2.59. The summed E-state index contributed by atoms with van der Waals surface area (Å²) < 4.78 is 0. The van der Waals surface area contributed by atoms with Crippen molar-refractivity contribution >= 4 is 5.91 Å². The van der Waals surface area contributed by atoms with E-state index in [9.17, 15) is 10.1 Å². The molecule has 1 heterocycles. The Labute approximate surface area is 160 Å². The summed E-state index contributed by atoms with van der Waals surface area (Å²) in [5, 5.41) is 18.5. The normalized spacial score (nSPS) is 36.7. The predicted molar refractivity (Wildman–Crippen MR) is 100 cm³/mol. The van der Waals surface area contributed by atoms with Gasteiger partial charge in [0.1, 0.15) is 0 Å². The summed E-state index contributed by atoms with van der Waals surface area (Å²) in [7, 11) is 0. The van der Waals surface area contributed by atoms with Crippen LogP contribution in [-0.2, 0) is 10.2 Å². The third-order valence-corrected chi connectivity index (χ3v) is 7.98. The number of nitriles is 2. The minimum Gasteiger partial charge on any atom is -0.340 e. The lowest BCUT2D eigenvalue weighted by atomic mass is 9.43. The van der Waals surface area contributed by atoms with E-state index in [4.69, 9.17) is 5.26 Å². The zero-order valence-corrected chi connectivity index (χ0v) is 15.6. The molecule has 1 amide bonds. The molecule has 1 saturated heterocycles. The van der Waals surface area contributed by atoms with E-state index in [1.807, 2.05) is 23.1 Å². The first kappa shape index (κ1) is 16.8. The molecule has 1 aliphatic heterocycles. The van der Waals surface area contributed by atoms with E-state index in [2.05, 4.69) is 18.2 Å². The van der Waals surface area contributed by atoms with E-state index < -0.39 is 0 Å². The zero-order chi connectivity index (χ0) is 18.6. The Morgan fingerprint density at radius 2 is 1.74 bits per heavy atom. The largest absolute Gasteiger partial charge is 0.340 e. The number of likely N-dealkylation sites (tertiary alicyclic amines) is 1. The smallest absolute Gasteiger partial charge is 0.223 e. The van der Waals surface area contributed by atoms with Crippen molar-refractivity contribution in [2.45, 2.75) is 43.9 Å². The Balaban J connectivity index is 1.52. The number of amides is 1. The molecular weight excluding hydrogens is 334 g/mol. The third-order valence-electron chi connectivity index (χ3n) is 7.98. The molecule has 0 N–H and O–H groups in total. The van der Waals surface area contributed by atoms with E-state index in [1.165, 1.54) is 37.7 Å². The first-order valence-corrected chi connectivity index (χ1v) is 10.3. The van der Waals surface area contributed by atoms with Gasteiger partial charge in [-0.05, 0) is 73.5 Å². The van der Waals surface area contributed by atoms with Crippen LogP contribution in [0.25, 0.3) is 0 Å². The SMILES string of the molecule is N#Cc1cccc(C2(CC(=O)N3CC(C#N)C3)C3CC4CC(C3)CC2C4)c1. The second-order valence-electron chi connectivity index (χ2n) is 9.34. The lowest BCUT2D eigenvalue weighted by Gasteiger charge is -2.62. The molecule has 4 aliphatic carbocycles. The van der Waals surface area contributed by atoms with Gasteiger partial charge in [0.15, 0.2) is 0 Å². The summed E-state index contributed by atoms with van der Waals surface area (Å²) in [4.78, 5) is 15.0. The average molecular weight is 359 g/mol. The first-order chi connectivity index (χ1) is 13.1. The predicted octanol–water partition coefficient (Wildman–Crippen LogP) is 3.62. The second kappa shape index (κ2) is 6.10. The minimum absolute atomic E-state index is 0.00492. The zero-order valence-electron chi connectivity index (χ0n) is 15.6. The summed E-state index contributed by atoms with van der Waals surface area (Å²) >= 11 is 0. The van der Waals surface area contributed by atoms with E-state index in [0.29, 0.717) is 36.9 Å². The van der Waals surface area contributed by atoms with Crippen LogP contribution >= 0.6 is 0 Å². The van der Waals surface area contributed by atoms with Gasteiger partial charge in [0, 0.05) is 24.9 Å². The minimum atomic E-state index is -0.116. The molecule has 4 saturated carbocycles. The summed E-state index contributed by atoms with van der Waals surface area (Å²) in [5.74, 6) is 2.99. The fourth-order valence-electron chi connectivity index (χ4n) is 6.89. The van der Waals surface area contributed by atoms with Crippen molar-refractivity contribution in [2.75, 3.05) is 13.1 Å². The quantitative estimate of drug-likeness (QED) is 0.828. The number of carbonyl (C=O) groups excluding carboxylic acids is 1. The van der Waals surface area contributed by atoms with Crippen LogP contribution in [-0.4, -0.2) is 23.9 Å². The maximum atomic E-state index is 13.2. The van der Waals surface area contributed by atoms with E-state index >= 15 is 0 Å². The molecular formula is C23H25N3O. The average Bonchev–Trinajstić information content (AvgIpc) is 2.63. The number of benzene rings is 1. The van der Waals surface area contributed by atoms with Crippen LogP contribution in [0, 0.1) is 52.3 Å². The lowest BCUT2D eigenvalue weighted by molar-refractivity contribution is -0.143. The van der Waals surface area contributed by atoms with Gasteiger partial charge in [-0.15, -0.1) is 0 Å². The molecule has 0 radical (unpaired) electrons. The van der Waals surface area contributed by atoms with Gasteiger partial charge in [-0.3, -0.25) is 4.79 Å². The fourth-order valence-corrected chi connectivity index (χ4v) is 6.89. The van der Waals surface area contributed by atoms with Crippen LogP contribution < -0.4 is 0 Å². The Morgan fingerprint density at radius 1 is 1.07 bits per heavy atom. The molecule has 4 bridgehead atoms. The van der Waals surface area contributed by atoms with Gasteiger partial charge in [-0.25, -0.2) is 0 Å². The topological polar surface area (TPSA) is 67.9 Å². The monoisotopic (exact) mass is 359 g/mol. The molecule has 1 aromatic rings. The van der Waals surface area contributed by atoms with Crippen molar-refractivity contribution in [3.63, 3.8) is 0 Å². The summed E-state index contributed by atoms with van der Waals surface area (Å²) in [5.41, 5.74) is 1.79.